The number of nitrogens with zero attached hydrogens (tertiary/aromatic N) is 1. The Balaban J connectivity index is 2.56. The van der Waals surface area contributed by atoms with E-state index in [1.807, 2.05) is 0 Å². The van der Waals surface area contributed by atoms with E-state index in [1.165, 1.54) is 0 Å². The van der Waals surface area contributed by atoms with Crippen LogP contribution in [0.5, 0.6) is 0 Å². The molecule has 2 rings (SSSR count). The van der Waals surface area contributed by atoms with E-state index in [1.54, 1.807) is 0 Å². The Morgan fingerprint density at radius 1 is 1.43 bits per heavy atom. The van der Waals surface area contributed by atoms with E-state index < -0.39 is 16.9 Å². The van der Waals surface area contributed by atoms with Gasteiger partial charge in [0.15, 0.2) is 0 Å². The third kappa shape index (κ3) is 1.13. The SMILES string of the molecule is O=c1[nH][nH]c(=O)n1C1(CO)CCOC1. The van der Waals surface area contributed by atoms with Gasteiger partial charge in [-0.15, -0.1) is 0 Å². The van der Waals surface area contributed by atoms with E-state index in [0.717, 1.165) is 4.57 Å². The van der Waals surface area contributed by atoms with Gasteiger partial charge < -0.3 is 9.84 Å². The number of rotatable bonds is 2. The summed E-state index contributed by atoms with van der Waals surface area (Å²) in [5, 5.41) is 13.6. The molecule has 1 fully saturated rings. The molecule has 3 N–H and O–H groups in total. The minimum atomic E-state index is -0.898. The molecule has 0 aromatic carbocycles. The van der Waals surface area contributed by atoms with Crippen LogP contribution in [0, 0.1) is 0 Å². The predicted octanol–water partition coefficient (Wildman–Crippen LogP) is -2.03. The van der Waals surface area contributed by atoms with Crippen LogP contribution < -0.4 is 11.4 Å². The lowest BCUT2D eigenvalue weighted by atomic mass is 10.0. The summed E-state index contributed by atoms with van der Waals surface area (Å²) in [6.45, 7) is 0.343. The van der Waals surface area contributed by atoms with Crippen LogP contribution in [0.1, 0.15) is 6.42 Å². The fourth-order valence-electron chi connectivity index (χ4n) is 1.71. The zero-order chi connectivity index (χ0) is 10.2. The van der Waals surface area contributed by atoms with Crippen molar-refractivity contribution >= 4 is 0 Å². The highest BCUT2D eigenvalue weighted by molar-refractivity contribution is 4.92. The minimum absolute atomic E-state index is 0.185. The van der Waals surface area contributed by atoms with Gasteiger partial charge in [-0.25, -0.2) is 24.4 Å². The minimum Gasteiger partial charge on any atom is -0.394 e. The summed E-state index contributed by atoms with van der Waals surface area (Å²) in [6, 6.07) is 0. The molecule has 7 nitrogen and oxygen atoms in total. The van der Waals surface area contributed by atoms with Crippen LogP contribution in [-0.2, 0) is 10.3 Å². The molecule has 14 heavy (non-hydrogen) atoms. The van der Waals surface area contributed by atoms with Gasteiger partial charge in [0.1, 0.15) is 5.54 Å². The maximum Gasteiger partial charge on any atom is 0.345 e. The van der Waals surface area contributed by atoms with E-state index in [-0.39, 0.29) is 13.2 Å². The summed E-state index contributed by atoms with van der Waals surface area (Å²) in [5.41, 5.74) is -1.99. The van der Waals surface area contributed by atoms with E-state index in [9.17, 15) is 14.7 Å². The highest BCUT2D eigenvalue weighted by Gasteiger charge is 2.39. The lowest BCUT2D eigenvalue weighted by molar-refractivity contribution is 0.0947. The van der Waals surface area contributed by atoms with Crippen molar-refractivity contribution < 1.29 is 9.84 Å². The molecule has 1 aromatic rings. The van der Waals surface area contributed by atoms with Crippen LogP contribution in [-0.4, -0.2) is 39.7 Å². The second-order valence-electron chi connectivity index (χ2n) is 3.38. The van der Waals surface area contributed by atoms with Crippen LogP contribution in [0.25, 0.3) is 0 Å². The van der Waals surface area contributed by atoms with Crippen LogP contribution in [0.15, 0.2) is 9.59 Å². The Morgan fingerprint density at radius 3 is 2.50 bits per heavy atom. The van der Waals surface area contributed by atoms with Gasteiger partial charge >= 0.3 is 11.4 Å². The summed E-state index contributed by atoms with van der Waals surface area (Å²) in [5.74, 6) is 0. The first-order valence-corrected chi connectivity index (χ1v) is 4.28. The number of H-pyrrole nitrogens is 2. The molecule has 1 atom stereocenters. The lowest BCUT2D eigenvalue weighted by Crippen LogP contribution is -2.48. The van der Waals surface area contributed by atoms with Crippen molar-refractivity contribution in [3.63, 3.8) is 0 Å². The summed E-state index contributed by atoms with van der Waals surface area (Å²) in [6.07, 6.45) is 0.463. The fourth-order valence-corrected chi connectivity index (χ4v) is 1.71. The number of aromatic amines is 2. The quantitative estimate of drug-likeness (QED) is 0.513. The van der Waals surface area contributed by atoms with Gasteiger partial charge in [-0.1, -0.05) is 0 Å². The number of aromatic nitrogens is 3. The van der Waals surface area contributed by atoms with E-state index in [2.05, 4.69) is 10.2 Å². The number of hydrogen-bond acceptors (Lipinski definition) is 4. The van der Waals surface area contributed by atoms with Gasteiger partial charge in [0.05, 0.1) is 13.2 Å². The van der Waals surface area contributed by atoms with Crippen LogP contribution in [0.2, 0.25) is 0 Å². The lowest BCUT2D eigenvalue weighted by Gasteiger charge is -2.23. The average Bonchev–Trinajstić information content (AvgIpc) is 2.75. The first-order valence-electron chi connectivity index (χ1n) is 4.28. The average molecular weight is 201 g/mol. The molecule has 1 aliphatic rings. The third-order valence-electron chi connectivity index (χ3n) is 2.53. The Morgan fingerprint density at radius 2 is 2.07 bits per heavy atom. The van der Waals surface area contributed by atoms with Gasteiger partial charge in [-0.05, 0) is 6.42 Å². The van der Waals surface area contributed by atoms with Crippen molar-refractivity contribution in [1.29, 1.82) is 0 Å². The number of aliphatic hydroxyl groups excluding tert-OH is 1. The molecular weight excluding hydrogens is 190 g/mol. The molecule has 2 heterocycles. The molecule has 0 bridgehead atoms. The van der Waals surface area contributed by atoms with E-state index >= 15 is 0 Å². The van der Waals surface area contributed by atoms with Crippen LogP contribution in [0.4, 0.5) is 0 Å². The topological polar surface area (TPSA) is 100 Å². The molecule has 0 radical (unpaired) electrons. The molecule has 0 spiro atoms. The fraction of sp³-hybridized carbons (Fsp3) is 0.714. The van der Waals surface area contributed by atoms with Crippen molar-refractivity contribution in [2.75, 3.05) is 19.8 Å². The zero-order valence-electron chi connectivity index (χ0n) is 7.45. The zero-order valence-corrected chi connectivity index (χ0v) is 7.45. The van der Waals surface area contributed by atoms with Gasteiger partial charge in [0.25, 0.3) is 0 Å². The summed E-state index contributed by atoms with van der Waals surface area (Å²) < 4.78 is 6.08. The normalized spacial score (nSPS) is 26.9. The molecule has 0 saturated carbocycles. The second-order valence-corrected chi connectivity index (χ2v) is 3.38. The Bertz CT molecular complexity index is 395. The van der Waals surface area contributed by atoms with Crippen molar-refractivity contribution in [3.05, 3.63) is 21.0 Å². The summed E-state index contributed by atoms with van der Waals surface area (Å²) >= 11 is 0. The number of aliphatic hydroxyl groups is 1. The van der Waals surface area contributed by atoms with Gasteiger partial charge in [0, 0.05) is 6.61 Å². The van der Waals surface area contributed by atoms with Gasteiger partial charge in [0.2, 0.25) is 0 Å². The maximum atomic E-state index is 11.3. The first kappa shape index (κ1) is 9.22. The van der Waals surface area contributed by atoms with Crippen LogP contribution >= 0.6 is 0 Å². The Kier molecular flexibility index (Phi) is 2.05. The Hall–Kier alpha value is -1.34. The van der Waals surface area contributed by atoms with Crippen molar-refractivity contribution in [2.45, 2.75) is 12.0 Å². The molecule has 1 aliphatic heterocycles. The summed E-state index contributed by atoms with van der Waals surface area (Å²) in [4.78, 5) is 22.6. The molecular formula is C7H11N3O4. The largest absolute Gasteiger partial charge is 0.394 e. The van der Waals surface area contributed by atoms with Crippen molar-refractivity contribution in [1.82, 2.24) is 14.8 Å². The van der Waals surface area contributed by atoms with Crippen LogP contribution in [0.3, 0.4) is 0 Å². The molecule has 1 saturated heterocycles. The van der Waals surface area contributed by atoms with Crippen molar-refractivity contribution in [3.8, 4) is 0 Å². The number of hydrogen-bond donors (Lipinski definition) is 3. The highest BCUT2D eigenvalue weighted by atomic mass is 16.5. The highest BCUT2D eigenvalue weighted by Crippen LogP contribution is 2.23. The molecule has 0 aliphatic carbocycles. The predicted molar refractivity (Wildman–Crippen MR) is 46.2 cm³/mol. The van der Waals surface area contributed by atoms with E-state index in [4.69, 9.17) is 4.74 Å². The number of nitrogens with one attached hydrogen (secondary N) is 2. The second kappa shape index (κ2) is 3.10. The first-order chi connectivity index (χ1) is 6.69. The Labute approximate surface area is 78.3 Å². The van der Waals surface area contributed by atoms with E-state index in [0.29, 0.717) is 13.0 Å². The molecule has 0 amide bonds. The molecule has 1 unspecified atom stereocenters. The van der Waals surface area contributed by atoms with Crippen molar-refractivity contribution in [2.24, 2.45) is 0 Å². The smallest absolute Gasteiger partial charge is 0.345 e. The van der Waals surface area contributed by atoms with Gasteiger partial charge in [-0.2, -0.15) is 0 Å². The number of ether oxygens (including phenoxy) is 1. The molecule has 78 valence electrons. The summed E-state index contributed by atoms with van der Waals surface area (Å²) in [7, 11) is 0. The van der Waals surface area contributed by atoms with Gasteiger partial charge in [-0.3, -0.25) is 0 Å². The third-order valence-corrected chi connectivity index (χ3v) is 2.53. The molecule has 7 heteroatoms. The molecule has 1 aromatic heterocycles. The maximum absolute atomic E-state index is 11.3. The standard InChI is InChI=1S/C7H11N3O4/c11-3-7(1-2-14-4-7)10-5(12)8-9-6(10)13/h11H,1-4H2,(H,8,12)(H,9,13). The monoisotopic (exact) mass is 201 g/mol.